The Morgan fingerprint density at radius 3 is 2.55 bits per heavy atom. The molecule has 1 unspecified atom stereocenters. The molecular weight excluding hydrogens is 358 g/mol. The van der Waals surface area contributed by atoms with Crippen molar-refractivity contribution in [2.75, 3.05) is 12.3 Å². The highest BCUT2D eigenvalue weighted by Crippen LogP contribution is 2.39. The van der Waals surface area contributed by atoms with Gasteiger partial charge in [-0.15, -0.1) is 11.8 Å². The molecule has 0 saturated carbocycles. The third-order valence-corrected chi connectivity index (χ3v) is 5.85. The van der Waals surface area contributed by atoms with E-state index in [-0.39, 0.29) is 11.3 Å². The predicted molar refractivity (Wildman–Crippen MR) is 96.3 cm³/mol. The molecule has 1 amide bonds. The van der Waals surface area contributed by atoms with Gasteiger partial charge >= 0.3 is 0 Å². The first-order valence-electron chi connectivity index (χ1n) is 7.31. The Kier molecular flexibility index (Phi) is 4.59. The lowest BCUT2D eigenvalue weighted by molar-refractivity contribution is 0.0760. The van der Waals surface area contributed by atoms with Gasteiger partial charge < -0.3 is 4.90 Å². The molecule has 1 saturated heterocycles. The van der Waals surface area contributed by atoms with E-state index in [0.717, 1.165) is 27.9 Å². The number of carbonyl (C=O) groups is 1. The van der Waals surface area contributed by atoms with Gasteiger partial charge in [-0.05, 0) is 54.8 Å². The van der Waals surface area contributed by atoms with Crippen LogP contribution in [-0.4, -0.2) is 23.1 Å². The van der Waals surface area contributed by atoms with E-state index in [9.17, 15) is 4.79 Å². The monoisotopic (exact) mass is 375 g/mol. The van der Waals surface area contributed by atoms with Crippen LogP contribution in [-0.2, 0) is 0 Å². The molecule has 114 valence electrons. The Labute approximate surface area is 144 Å². The molecule has 2 aromatic carbocycles. The van der Waals surface area contributed by atoms with Crippen LogP contribution in [0.1, 0.15) is 32.4 Å². The highest BCUT2D eigenvalue weighted by Gasteiger charge is 2.31. The van der Waals surface area contributed by atoms with Gasteiger partial charge in [-0.2, -0.15) is 0 Å². The minimum Gasteiger partial charge on any atom is -0.322 e. The maximum Gasteiger partial charge on any atom is 0.255 e. The zero-order chi connectivity index (χ0) is 15.7. The number of aryl methyl sites for hydroxylation is 2. The second-order valence-electron chi connectivity index (χ2n) is 5.57. The van der Waals surface area contributed by atoms with E-state index in [1.54, 1.807) is 0 Å². The summed E-state index contributed by atoms with van der Waals surface area (Å²) >= 11 is 5.29. The van der Waals surface area contributed by atoms with E-state index >= 15 is 0 Å². The maximum atomic E-state index is 12.9. The van der Waals surface area contributed by atoms with Gasteiger partial charge in [0.15, 0.2) is 0 Å². The third-order valence-electron chi connectivity index (χ3n) is 4.06. The molecule has 1 aliphatic heterocycles. The van der Waals surface area contributed by atoms with E-state index in [0.29, 0.717) is 0 Å². The molecule has 0 bridgehead atoms. The Morgan fingerprint density at radius 1 is 1.14 bits per heavy atom. The van der Waals surface area contributed by atoms with Crippen molar-refractivity contribution in [1.29, 1.82) is 0 Å². The molecule has 0 N–H and O–H groups in total. The largest absolute Gasteiger partial charge is 0.322 e. The number of benzene rings is 2. The van der Waals surface area contributed by atoms with E-state index in [4.69, 9.17) is 0 Å². The van der Waals surface area contributed by atoms with Crippen LogP contribution in [0.4, 0.5) is 0 Å². The van der Waals surface area contributed by atoms with E-state index in [1.165, 1.54) is 11.1 Å². The Hall–Kier alpha value is -1.26. The van der Waals surface area contributed by atoms with Crippen LogP contribution in [0.25, 0.3) is 0 Å². The topological polar surface area (TPSA) is 20.3 Å². The molecule has 4 heteroatoms. The van der Waals surface area contributed by atoms with Crippen molar-refractivity contribution in [2.45, 2.75) is 19.2 Å². The van der Waals surface area contributed by atoms with Crippen LogP contribution in [0.2, 0.25) is 0 Å². The summed E-state index contributed by atoms with van der Waals surface area (Å²) in [6, 6.07) is 14.2. The summed E-state index contributed by atoms with van der Waals surface area (Å²) in [7, 11) is 0. The number of nitrogens with zero attached hydrogens (tertiary/aromatic N) is 1. The predicted octanol–water partition coefficient (Wildman–Crippen LogP) is 4.95. The number of amides is 1. The molecule has 0 aliphatic carbocycles. The van der Waals surface area contributed by atoms with E-state index < -0.39 is 0 Å². The van der Waals surface area contributed by atoms with Gasteiger partial charge in [0.25, 0.3) is 5.91 Å². The molecule has 2 nitrogen and oxygen atoms in total. The van der Waals surface area contributed by atoms with Crippen LogP contribution in [0, 0.1) is 13.8 Å². The van der Waals surface area contributed by atoms with Gasteiger partial charge in [-0.1, -0.05) is 34.1 Å². The SMILES string of the molecule is Cc1ccc(C(=O)N2CCSC2c2ccc(Br)cc2)cc1C. The fourth-order valence-electron chi connectivity index (χ4n) is 2.62. The highest BCUT2D eigenvalue weighted by atomic mass is 79.9. The minimum atomic E-state index is 0.113. The number of rotatable bonds is 2. The van der Waals surface area contributed by atoms with Crippen molar-refractivity contribution in [3.05, 3.63) is 69.2 Å². The van der Waals surface area contributed by atoms with Crippen molar-refractivity contribution in [3.8, 4) is 0 Å². The molecule has 0 spiro atoms. The fourth-order valence-corrected chi connectivity index (χ4v) is 4.14. The lowest BCUT2D eigenvalue weighted by Gasteiger charge is -2.24. The number of carbonyl (C=O) groups excluding carboxylic acids is 1. The van der Waals surface area contributed by atoms with Crippen LogP contribution in [0.3, 0.4) is 0 Å². The molecule has 3 rings (SSSR count). The van der Waals surface area contributed by atoms with Crippen molar-refractivity contribution in [2.24, 2.45) is 0 Å². The summed E-state index contributed by atoms with van der Waals surface area (Å²) in [5.74, 6) is 1.11. The maximum absolute atomic E-state index is 12.9. The van der Waals surface area contributed by atoms with Gasteiger partial charge in [0.05, 0.1) is 0 Å². The molecule has 2 aromatic rings. The molecule has 1 aliphatic rings. The standard InChI is InChI=1S/C18H18BrNOS/c1-12-3-4-15(11-13(12)2)17(21)20-9-10-22-18(20)14-5-7-16(19)8-6-14/h3-8,11,18H,9-10H2,1-2H3. The first-order valence-corrected chi connectivity index (χ1v) is 9.16. The van der Waals surface area contributed by atoms with Gasteiger partial charge in [0, 0.05) is 22.3 Å². The summed E-state index contributed by atoms with van der Waals surface area (Å²) in [5, 5.41) is 0.113. The summed E-state index contributed by atoms with van der Waals surface area (Å²) in [6.45, 7) is 4.92. The number of halogens is 1. The molecule has 1 atom stereocenters. The smallest absolute Gasteiger partial charge is 0.255 e. The summed E-state index contributed by atoms with van der Waals surface area (Å²) in [6.07, 6.45) is 0. The molecule has 22 heavy (non-hydrogen) atoms. The first kappa shape index (κ1) is 15.6. The molecule has 1 fully saturated rings. The highest BCUT2D eigenvalue weighted by molar-refractivity contribution is 9.10. The summed E-state index contributed by atoms with van der Waals surface area (Å²) in [4.78, 5) is 14.8. The third kappa shape index (κ3) is 3.08. The zero-order valence-corrected chi connectivity index (χ0v) is 15.1. The normalized spacial score (nSPS) is 17.8. The van der Waals surface area contributed by atoms with Gasteiger partial charge in [-0.25, -0.2) is 0 Å². The molecular formula is C18H18BrNOS. The van der Waals surface area contributed by atoms with Crippen molar-refractivity contribution in [1.82, 2.24) is 4.90 Å². The molecule has 1 heterocycles. The van der Waals surface area contributed by atoms with Crippen molar-refractivity contribution >= 4 is 33.6 Å². The first-order chi connectivity index (χ1) is 10.6. The van der Waals surface area contributed by atoms with Crippen molar-refractivity contribution in [3.63, 3.8) is 0 Å². The van der Waals surface area contributed by atoms with Gasteiger partial charge in [-0.3, -0.25) is 4.79 Å². The second kappa shape index (κ2) is 6.47. The number of hydrogen-bond acceptors (Lipinski definition) is 2. The quantitative estimate of drug-likeness (QED) is 0.739. The molecule has 0 radical (unpaired) electrons. The van der Waals surface area contributed by atoms with E-state index in [1.807, 2.05) is 47.0 Å². The Morgan fingerprint density at radius 2 is 1.86 bits per heavy atom. The Balaban J connectivity index is 1.87. The summed E-state index contributed by atoms with van der Waals surface area (Å²) < 4.78 is 1.06. The van der Waals surface area contributed by atoms with Gasteiger partial charge in [0.1, 0.15) is 5.37 Å². The van der Waals surface area contributed by atoms with E-state index in [2.05, 4.69) is 41.9 Å². The second-order valence-corrected chi connectivity index (χ2v) is 7.68. The van der Waals surface area contributed by atoms with Crippen LogP contribution >= 0.6 is 27.7 Å². The average molecular weight is 376 g/mol. The average Bonchev–Trinajstić information content (AvgIpc) is 2.99. The molecule has 0 aromatic heterocycles. The minimum absolute atomic E-state index is 0.113. The number of hydrogen-bond donors (Lipinski definition) is 0. The fraction of sp³-hybridized carbons (Fsp3) is 0.278. The lowest BCUT2D eigenvalue weighted by Crippen LogP contribution is -2.30. The zero-order valence-electron chi connectivity index (χ0n) is 12.7. The summed E-state index contributed by atoms with van der Waals surface area (Å²) in [5.41, 5.74) is 4.35. The van der Waals surface area contributed by atoms with Gasteiger partial charge in [0.2, 0.25) is 0 Å². The Bertz CT molecular complexity index is 699. The number of thioether (sulfide) groups is 1. The van der Waals surface area contributed by atoms with Crippen LogP contribution in [0.5, 0.6) is 0 Å². The van der Waals surface area contributed by atoms with Crippen LogP contribution in [0.15, 0.2) is 46.9 Å². The van der Waals surface area contributed by atoms with Crippen molar-refractivity contribution < 1.29 is 4.79 Å². The van der Waals surface area contributed by atoms with Crippen LogP contribution < -0.4 is 0 Å². The lowest BCUT2D eigenvalue weighted by atomic mass is 10.1.